The van der Waals surface area contributed by atoms with Gasteiger partial charge in [0, 0.05) is 94.6 Å². The minimum absolute atomic E-state index is 0.0683. The molecule has 0 aliphatic carbocycles. The lowest BCUT2D eigenvalue weighted by Crippen LogP contribution is -2.22. The fraction of sp³-hybridized carbons (Fsp3) is 0.0698. The fourth-order valence-electron chi connectivity index (χ4n) is 7.10. The third-order valence-electron chi connectivity index (χ3n) is 9.57. The van der Waals surface area contributed by atoms with Gasteiger partial charge in [-0.1, -0.05) is 6.08 Å². The van der Waals surface area contributed by atoms with Gasteiger partial charge in [0.25, 0.3) is 0 Å². The molecule has 0 amide bonds. The molecule has 8 bridgehead atoms. The van der Waals surface area contributed by atoms with Crippen LogP contribution in [0.3, 0.4) is 0 Å². The molecule has 0 aromatic carbocycles. The maximum Gasteiger partial charge on any atom is 0.305 e. The molecular formula is C43H32N8O2. The first kappa shape index (κ1) is 31.8. The smallest absolute Gasteiger partial charge is 0.305 e. The van der Waals surface area contributed by atoms with Crippen LogP contribution in [0.2, 0.25) is 0 Å². The van der Waals surface area contributed by atoms with Gasteiger partial charge >= 0.3 is 5.97 Å². The van der Waals surface area contributed by atoms with Crippen molar-refractivity contribution < 1.29 is 9.90 Å². The molecule has 9 rings (SSSR count). The number of aromatic amines is 2. The molecular weight excluding hydrogens is 661 g/mol. The first-order valence-electron chi connectivity index (χ1n) is 17.3. The van der Waals surface area contributed by atoms with Gasteiger partial charge in [-0.25, -0.2) is 9.97 Å². The van der Waals surface area contributed by atoms with Crippen molar-refractivity contribution in [2.75, 3.05) is 13.1 Å². The van der Waals surface area contributed by atoms with E-state index in [1.165, 1.54) is 0 Å². The van der Waals surface area contributed by atoms with E-state index in [9.17, 15) is 9.90 Å². The summed E-state index contributed by atoms with van der Waals surface area (Å²) in [6.45, 7) is 1.01. The third kappa shape index (κ3) is 6.12. The highest BCUT2D eigenvalue weighted by Crippen LogP contribution is 2.37. The molecule has 3 aliphatic heterocycles. The molecule has 9 heterocycles. The number of aromatic nitrogens is 7. The molecule has 0 fully saturated rings. The predicted octanol–water partition coefficient (Wildman–Crippen LogP) is 8.53. The number of nitrogens with one attached hydrogen (secondary N) is 2. The van der Waals surface area contributed by atoms with E-state index in [-0.39, 0.29) is 6.42 Å². The van der Waals surface area contributed by atoms with E-state index in [1.54, 1.807) is 37.2 Å². The predicted molar refractivity (Wildman–Crippen MR) is 209 cm³/mol. The molecule has 6 aromatic rings. The molecule has 0 atom stereocenters. The Morgan fingerprint density at radius 2 is 0.962 bits per heavy atom. The SMILES string of the molecule is O=C(O)CCN1C=CC(c2c3nc(c(-c4ccncc4)c4ccc([nH]4)c(-c4ccncc4)c4nc(c(-c5ccncc5)c5ccc2[nH]5)C=C4)C=C3)=CC1. The van der Waals surface area contributed by atoms with E-state index in [0.29, 0.717) is 13.1 Å². The molecule has 3 N–H and O–H groups in total. The number of aliphatic carboxylic acids is 1. The van der Waals surface area contributed by atoms with Crippen molar-refractivity contribution >= 4 is 57.9 Å². The van der Waals surface area contributed by atoms with E-state index in [2.05, 4.69) is 79.6 Å². The van der Waals surface area contributed by atoms with Gasteiger partial charge in [-0.2, -0.15) is 0 Å². The maximum absolute atomic E-state index is 11.3. The Labute approximate surface area is 304 Å². The fourth-order valence-corrected chi connectivity index (χ4v) is 7.10. The van der Waals surface area contributed by atoms with Crippen LogP contribution in [0, 0.1) is 0 Å². The zero-order valence-electron chi connectivity index (χ0n) is 28.4. The van der Waals surface area contributed by atoms with Crippen LogP contribution >= 0.6 is 0 Å². The van der Waals surface area contributed by atoms with Gasteiger partial charge in [0.2, 0.25) is 0 Å². The van der Waals surface area contributed by atoms with Crippen molar-refractivity contribution in [3.63, 3.8) is 0 Å². The van der Waals surface area contributed by atoms with Gasteiger partial charge in [0.1, 0.15) is 0 Å². The first-order chi connectivity index (χ1) is 26.1. The summed E-state index contributed by atoms with van der Waals surface area (Å²) in [5.41, 5.74) is 14.5. The summed E-state index contributed by atoms with van der Waals surface area (Å²) < 4.78 is 0. The third-order valence-corrected chi connectivity index (χ3v) is 9.57. The molecule has 0 radical (unpaired) electrons. The Kier molecular flexibility index (Phi) is 8.09. The second-order valence-electron chi connectivity index (χ2n) is 12.8. The molecule has 6 aromatic heterocycles. The maximum atomic E-state index is 11.3. The van der Waals surface area contributed by atoms with Gasteiger partial charge in [0.05, 0.1) is 29.2 Å². The van der Waals surface area contributed by atoms with Gasteiger partial charge in [0.15, 0.2) is 0 Å². The number of carbonyl (C=O) groups is 1. The van der Waals surface area contributed by atoms with E-state index in [0.717, 1.165) is 89.4 Å². The van der Waals surface area contributed by atoms with Crippen LogP contribution in [-0.4, -0.2) is 64.0 Å². The molecule has 0 saturated heterocycles. The van der Waals surface area contributed by atoms with Crippen molar-refractivity contribution in [1.82, 2.24) is 39.8 Å². The zero-order valence-corrected chi connectivity index (χ0v) is 28.4. The monoisotopic (exact) mass is 692 g/mol. The molecule has 256 valence electrons. The number of allylic oxidation sites excluding steroid dienone is 2. The number of H-pyrrole nitrogens is 2. The number of carboxylic acid groups (broad SMARTS) is 1. The summed E-state index contributed by atoms with van der Waals surface area (Å²) in [5, 5.41) is 9.26. The minimum atomic E-state index is -0.817. The molecule has 10 nitrogen and oxygen atoms in total. The summed E-state index contributed by atoms with van der Waals surface area (Å²) in [4.78, 5) is 44.3. The summed E-state index contributed by atoms with van der Waals surface area (Å²) in [7, 11) is 0. The lowest BCUT2D eigenvalue weighted by Gasteiger charge is -2.22. The van der Waals surface area contributed by atoms with Crippen molar-refractivity contribution in [2.24, 2.45) is 0 Å². The van der Waals surface area contributed by atoms with Crippen LogP contribution in [0.15, 0.2) is 116 Å². The first-order valence-corrected chi connectivity index (χ1v) is 17.3. The number of fused-ring (bicyclic) bond motifs is 8. The highest BCUT2D eigenvalue weighted by atomic mass is 16.4. The Hall–Kier alpha value is -7.20. The van der Waals surface area contributed by atoms with Gasteiger partial charge in [-0.05, 0) is 120 Å². The van der Waals surface area contributed by atoms with Crippen molar-refractivity contribution in [3.05, 3.63) is 145 Å². The van der Waals surface area contributed by atoms with Crippen LogP contribution in [0.5, 0.6) is 0 Å². The quantitative estimate of drug-likeness (QED) is 0.151. The standard InChI is InChI=1S/C43H32N8O2/c52-39(53)17-26-51-24-15-30(16-25-51)43-37-7-5-35(49-37)41(28-11-20-45-21-12-28)33-3-1-31(47-33)40(27-9-18-44-19-10-27)32-2-4-34(48-32)42(29-13-22-46-23-14-29)36-6-8-38(43)50-36/h1-16,18-24,47,50H,17,25-26H2,(H,52,53). The van der Waals surface area contributed by atoms with Crippen molar-refractivity contribution in [1.29, 1.82) is 0 Å². The van der Waals surface area contributed by atoms with Crippen molar-refractivity contribution in [2.45, 2.75) is 6.42 Å². The zero-order chi connectivity index (χ0) is 35.7. The summed E-state index contributed by atoms with van der Waals surface area (Å²) >= 11 is 0. The minimum Gasteiger partial charge on any atom is -0.481 e. The van der Waals surface area contributed by atoms with E-state index in [1.807, 2.05) is 53.6 Å². The van der Waals surface area contributed by atoms with Crippen LogP contribution < -0.4 is 0 Å². The average Bonchev–Trinajstić information content (AvgIpc) is 4.04. The number of hydrogen-bond acceptors (Lipinski definition) is 7. The van der Waals surface area contributed by atoms with Gasteiger partial charge < -0.3 is 20.0 Å². The summed E-state index contributed by atoms with van der Waals surface area (Å²) in [6.07, 6.45) is 25.2. The Bertz CT molecular complexity index is 2640. The summed E-state index contributed by atoms with van der Waals surface area (Å²) in [5.74, 6) is -0.817. The highest BCUT2D eigenvalue weighted by molar-refractivity contribution is 5.99. The van der Waals surface area contributed by atoms with E-state index in [4.69, 9.17) is 9.97 Å². The number of carboxylic acids is 1. The average molecular weight is 693 g/mol. The molecule has 10 heteroatoms. The van der Waals surface area contributed by atoms with E-state index >= 15 is 0 Å². The number of rotatable bonds is 7. The molecule has 0 unspecified atom stereocenters. The molecule has 0 spiro atoms. The van der Waals surface area contributed by atoms with Crippen LogP contribution in [0.1, 0.15) is 34.8 Å². The Morgan fingerprint density at radius 1 is 0.566 bits per heavy atom. The topological polar surface area (TPSA) is 137 Å². The van der Waals surface area contributed by atoms with Crippen molar-refractivity contribution in [3.8, 4) is 33.4 Å². The Balaban J connectivity index is 1.39. The lowest BCUT2D eigenvalue weighted by atomic mass is 10.0. The molecule has 53 heavy (non-hydrogen) atoms. The van der Waals surface area contributed by atoms with E-state index < -0.39 is 5.97 Å². The van der Waals surface area contributed by atoms with Gasteiger partial charge in [-0.15, -0.1) is 0 Å². The molecule has 0 saturated carbocycles. The number of nitrogens with zero attached hydrogens (tertiary/aromatic N) is 6. The highest BCUT2D eigenvalue weighted by Gasteiger charge is 2.20. The normalized spacial score (nSPS) is 13.4. The van der Waals surface area contributed by atoms with Gasteiger partial charge in [-0.3, -0.25) is 19.7 Å². The number of pyridine rings is 3. The second-order valence-corrected chi connectivity index (χ2v) is 12.8. The summed E-state index contributed by atoms with van der Waals surface area (Å²) in [6, 6.07) is 20.4. The van der Waals surface area contributed by atoms with Crippen LogP contribution in [0.4, 0.5) is 0 Å². The largest absolute Gasteiger partial charge is 0.481 e. The lowest BCUT2D eigenvalue weighted by molar-refractivity contribution is -0.137. The van der Waals surface area contributed by atoms with Crippen LogP contribution in [0.25, 0.3) is 85.3 Å². The molecule has 3 aliphatic rings. The second kappa shape index (κ2) is 13.5. The Morgan fingerprint density at radius 3 is 1.34 bits per heavy atom. The van der Waals surface area contributed by atoms with Crippen LogP contribution in [-0.2, 0) is 4.79 Å². The number of hydrogen-bond donors (Lipinski definition) is 3.